The molecule has 128 valence electrons. The zero-order valence-corrected chi connectivity index (χ0v) is 15.5. The standard InChI is InChI=1S/C19H17BrN2O3/c1-3-25-12-8-9-17-13(10-12)18(23)14(11-22(17)2)19(24)21-16-7-5-4-6-15(16)20/h4-11H,3H2,1-2H3,(H,21,24). The van der Waals surface area contributed by atoms with Gasteiger partial charge in [-0.15, -0.1) is 0 Å². The van der Waals surface area contributed by atoms with Gasteiger partial charge in [0, 0.05) is 17.7 Å². The molecule has 0 spiro atoms. The van der Waals surface area contributed by atoms with E-state index in [1.165, 1.54) is 0 Å². The monoisotopic (exact) mass is 400 g/mol. The van der Waals surface area contributed by atoms with Gasteiger partial charge in [-0.3, -0.25) is 9.59 Å². The number of fused-ring (bicyclic) bond motifs is 1. The van der Waals surface area contributed by atoms with Crippen LogP contribution in [-0.2, 0) is 7.05 Å². The quantitative estimate of drug-likeness (QED) is 0.720. The van der Waals surface area contributed by atoms with Gasteiger partial charge in [-0.05, 0) is 53.2 Å². The highest BCUT2D eigenvalue weighted by Crippen LogP contribution is 2.22. The highest BCUT2D eigenvalue weighted by atomic mass is 79.9. The smallest absolute Gasteiger partial charge is 0.261 e. The fraction of sp³-hybridized carbons (Fsp3) is 0.158. The zero-order valence-electron chi connectivity index (χ0n) is 13.9. The van der Waals surface area contributed by atoms with Crippen molar-refractivity contribution in [2.75, 3.05) is 11.9 Å². The maximum Gasteiger partial charge on any atom is 0.261 e. The van der Waals surface area contributed by atoms with Crippen LogP contribution in [0.25, 0.3) is 10.9 Å². The summed E-state index contributed by atoms with van der Waals surface area (Å²) in [6, 6.07) is 12.6. The minimum absolute atomic E-state index is 0.0828. The second-order valence-electron chi connectivity index (χ2n) is 5.53. The van der Waals surface area contributed by atoms with E-state index in [1.54, 1.807) is 29.9 Å². The van der Waals surface area contributed by atoms with E-state index in [2.05, 4.69) is 21.2 Å². The van der Waals surface area contributed by atoms with Gasteiger partial charge in [-0.1, -0.05) is 12.1 Å². The summed E-state index contributed by atoms with van der Waals surface area (Å²) in [4.78, 5) is 25.4. The Morgan fingerprint density at radius 3 is 2.72 bits per heavy atom. The van der Waals surface area contributed by atoms with Crippen LogP contribution in [0.2, 0.25) is 0 Å². The lowest BCUT2D eigenvalue weighted by atomic mass is 10.1. The summed E-state index contributed by atoms with van der Waals surface area (Å²) in [5.74, 6) is 0.159. The minimum Gasteiger partial charge on any atom is -0.494 e. The second kappa shape index (κ2) is 7.11. The fourth-order valence-corrected chi connectivity index (χ4v) is 3.03. The van der Waals surface area contributed by atoms with Crippen molar-refractivity contribution in [2.45, 2.75) is 6.92 Å². The molecule has 0 aliphatic rings. The number of aromatic nitrogens is 1. The molecule has 0 saturated heterocycles. The minimum atomic E-state index is -0.448. The topological polar surface area (TPSA) is 60.3 Å². The molecule has 1 amide bonds. The van der Waals surface area contributed by atoms with Crippen molar-refractivity contribution in [1.82, 2.24) is 4.57 Å². The van der Waals surface area contributed by atoms with E-state index in [0.29, 0.717) is 23.4 Å². The molecular formula is C19H17BrN2O3. The van der Waals surface area contributed by atoms with Crippen LogP contribution < -0.4 is 15.5 Å². The number of ether oxygens (including phenoxy) is 1. The Balaban J connectivity index is 2.07. The summed E-state index contributed by atoms with van der Waals surface area (Å²) in [6.07, 6.45) is 1.55. The largest absolute Gasteiger partial charge is 0.494 e. The number of carbonyl (C=O) groups is 1. The first-order chi connectivity index (χ1) is 12.0. The van der Waals surface area contributed by atoms with Gasteiger partial charge in [-0.25, -0.2) is 0 Å². The number of amides is 1. The van der Waals surface area contributed by atoms with Crippen LogP contribution in [0.4, 0.5) is 5.69 Å². The number of hydrogen-bond acceptors (Lipinski definition) is 3. The van der Waals surface area contributed by atoms with Gasteiger partial charge in [0.1, 0.15) is 11.3 Å². The number of benzene rings is 2. The van der Waals surface area contributed by atoms with Crippen molar-refractivity contribution in [3.63, 3.8) is 0 Å². The molecule has 0 bridgehead atoms. The Hall–Kier alpha value is -2.60. The van der Waals surface area contributed by atoms with Crippen molar-refractivity contribution in [2.24, 2.45) is 7.05 Å². The van der Waals surface area contributed by atoms with Gasteiger partial charge in [0.2, 0.25) is 5.43 Å². The molecular weight excluding hydrogens is 384 g/mol. The van der Waals surface area contributed by atoms with Crippen LogP contribution in [-0.4, -0.2) is 17.1 Å². The normalized spacial score (nSPS) is 10.7. The maximum absolute atomic E-state index is 12.8. The second-order valence-corrected chi connectivity index (χ2v) is 6.38. The number of rotatable bonds is 4. The number of aryl methyl sites for hydroxylation is 1. The number of pyridine rings is 1. The van der Waals surface area contributed by atoms with Gasteiger partial charge in [-0.2, -0.15) is 0 Å². The third kappa shape index (κ3) is 3.44. The molecule has 25 heavy (non-hydrogen) atoms. The first kappa shape index (κ1) is 17.2. The van der Waals surface area contributed by atoms with Crippen molar-refractivity contribution in [3.8, 4) is 5.75 Å². The average molecular weight is 401 g/mol. The van der Waals surface area contributed by atoms with Crippen LogP contribution in [0.1, 0.15) is 17.3 Å². The van der Waals surface area contributed by atoms with Crippen LogP contribution in [0.5, 0.6) is 5.75 Å². The van der Waals surface area contributed by atoms with Crippen LogP contribution in [0.15, 0.2) is 57.9 Å². The van der Waals surface area contributed by atoms with Gasteiger partial charge in [0.15, 0.2) is 0 Å². The maximum atomic E-state index is 12.8. The molecule has 0 saturated carbocycles. The molecule has 0 radical (unpaired) electrons. The molecule has 6 heteroatoms. The molecule has 3 aromatic rings. The average Bonchev–Trinajstić information content (AvgIpc) is 2.60. The van der Waals surface area contributed by atoms with Gasteiger partial charge >= 0.3 is 0 Å². The molecule has 2 aromatic carbocycles. The SMILES string of the molecule is CCOc1ccc2c(c1)c(=O)c(C(=O)Nc1ccccc1Br)cn2C. The third-order valence-electron chi connectivity index (χ3n) is 3.84. The third-order valence-corrected chi connectivity index (χ3v) is 4.53. The van der Waals surface area contributed by atoms with Gasteiger partial charge in [0.25, 0.3) is 5.91 Å². The number of para-hydroxylation sites is 1. The molecule has 0 aliphatic heterocycles. The first-order valence-electron chi connectivity index (χ1n) is 7.83. The molecule has 5 nitrogen and oxygen atoms in total. The summed E-state index contributed by atoms with van der Waals surface area (Å²) in [5.41, 5.74) is 1.11. The highest BCUT2D eigenvalue weighted by molar-refractivity contribution is 9.10. The van der Waals surface area contributed by atoms with E-state index in [0.717, 1.165) is 9.99 Å². The van der Waals surface area contributed by atoms with Gasteiger partial charge < -0.3 is 14.6 Å². The van der Waals surface area contributed by atoms with E-state index in [1.807, 2.05) is 37.3 Å². The molecule has 1 N–H and O–H groups in total. The van der Waals surface area contributed by atoms with Gasteiger partial charge in [0.05, 0.1) is 23.2 Å². The van der Waals surface area contributed by atoms with Crippen LogP contribution >= 0.6 is 15.9 Å². The molecule has 0 atom stereocenters. The van der Waals surface area contributed by atoms with E-state index in [9.17, 15) is 9.59 Å². The summed E-state index contributed by atoms with van der Waals surface area (Å²) in [7, 11) is 1.80. The summed E-state index contributed by atoms with van der Waals surface area (Å²) >= 11 is 3.38. The summed E-state index contributed by atoms with van der Waals surface area (Å²) < 4.78 is 7.98. The number of nitrogens with one attached hydrogen (secondary N) is 1. The lowest BCUT2D eigenvalue weighted by molar-refractivity contribution is 0.102. The van der Waals surface area contributed by atoms with E-state index < -0.39 is 5.91 Å². The summed E-state index contributed by atoms with van der Waals surface area (Å²) in [6.45, 7) is 2.39. The molecule has 0 unspecified atom stereocenters. The zero-order chi connectivity index (χ0) is 18.0. The predicted molar refractivity (Wildman–Crippen MR) is 102 cm³/mol. The number of anilines is 1. The Morgan fingerprint density at radius 1 is 1.24 bits per heavy atom. The summed E-state index contributed by atoms with van der Waals surface area (Å²) in [5, 5.41) is 3.22. The number of halogens is 1. The van der Waals surface area contributed by atoms with Crippen molar-refractivity contribution in [3.05, 3.63) is 68.9 Å². The Kier molecular flexibility index (Phi) is 4.90. The molecule has 0 fully saturated rings. The molecule has 0 aliphatic carbocycles. The van der Waals surface area contributed by atoms with Crippen LogP contribution in [0, 0.1) is 0 Å². The Morgan fingerprint density at radius 2 is 2.00 bits per heavy atom. The lowest BCUT2D eigenvalue weighted by Gasteiger charge is -2.11. The van der Waals surface area contributed by atoms with Crippen molar-refractivity contribution in [1.29, 1.82) is 0 Å². The number of hydrogen-bond donors (Lipinski definition) is 1. The molecule has 1 heterocycles. The van der Waals surface area contributed by atoms with E-state index in [4.69, 9.17) is 4.74 Å². The van der Waals surface area contributed by atoms with E-state index in [-0.39, 0.29) is 11.0 Å². The van der Waals surface area contributed by atoms with Crippen molar-refractivity contribution < 1.29 is 9.53 Å². The first-order valence-corrected chi connectivity index (χ1v) is 8.62. The molecule has 3 rings (SSSR count). The Bertz CT molecular complexity index is 1010. The highest BCUT2D eigenvalue weighted by Gasteiger charge is 2.16. The van der Waals surface area contributed by atoms with Crippen LogP contribution in [0.3, 0.4) is 0 Å². The fourth-order valence-electron chi connectivity index (χ4n) is 2.64. The Labute approximate surface area is 153 Å². The van der Waals surface area contributed by atoms with E-state index >= 15 is 0 Å². The molecule has 1 aromatic heterocycles. The number of carbonyl (C=O) groups excluding carboxylic acids is 1. The predicted octanol–water partition coefficient (Wildman–Crippen LogP) is 3.95. The number of nitrogens with zero attached hydrogens (tertiary/aromatic N) is 1. The van der Waals surface area contributed by atoms with Crippen molar-refractivity contribution >= 4 is 38.4 Å². The lowest BCUT2D eigenvalue weighted by Crippen LogP contribution is -2.23.